The molecule has 0 bridgehead atoms. The van der Waals surface area contributed by atoms with E-state index in [4.69, 9.17) is 0 Å². The summed E-state index contributed by atoms with van der Waals surface area (Å²) in [7, 11) is 0. The lowest BCUT2D eigenvalue weighted by molar-refractivity contribution is 0.571. The van der Waals surface area contributed by atoms with Gasteiger partial charge in [0.15, 0.2) is 5.96 Å². The van der Waals surface area contributed by atoms with Gasteiger partial charge in [-0.15, -0.1) is 0 Å². The SMILES string of the molecule is C1=C(NC2Cc3ccccc3C2)NCC1.Cc1ccc2c(c1)C(NC1=NCCN1)CC2. The Labute approximate surface area is 185 Å². The van der Waals surface area contributed by atoms with Gasteiger partial charge in [0.1, 0.15) is 0 Å². The zero-order valence-corrected chi connectivity index (χ0v) is 18.4. The first-order valence-corrected chi connectivity index (χ1v) is 11.7. The van der Waals surface area contributed by atoms with Gasteiger partial charge in [0.2, 0.25) is 0 Å². The van der Waals surface area contributed by atoms with E-state index in [-0.39, 0.29) is 0 Å². The molecule has 1 unspecified atom stereocenters. The summed E-state index contributed by atoms with van der Waals surface area (Å²) in [6.45, 7) is 5.11. The van der Waals surface area contributed by atoms with Gasteiger partial charge in [-0.3, -0.25) is 4.99 Å². The molecule has 2 heterocycles. The van der Waals surface area contributed by atoms with E-state index in [9.17, 15) is 0 Å². The maximum absolute atomic E-state index is 4.39. The van der Waals surface area contributed by atoms with Gasteiger partial charge in [-0.05, 0) is 67.4 Å². The monoisotopic (exact) mass is 415 g/mol. The number of guanidine groups is 1. The maximum Gasteiger partial charge on any atom is 0.191 e. The van der Waals surface area contributed by atoms with Crippen LogP contribution in [0.25, 0.3) is 0 Å². The van der Waals surface area contributed by atoms with E-state index in [0.29, 0.717) is 12.1 Å². The number of rotatable bonds is 3. The summed E-state index contributed by atoms with van der Waals surface area (Å²) in [5, 5.41) is 13.7. The molecule has 31 heavy (non-hydrogen) atoms. The Morgan fingerprint density at radius 2 is 1.77 bits per heavy atom. The van der Waals surface area contributed by atoms with Crippen LogP contribution in [0.2, 0.25) is 0 Å². The van der Waals surface area contributed by atoms with Crippen LogP contribution in [0.3, 0.4) is 0 Å². The van der Waals surface area contributed by atoms with Crippen LogP contribution in [0.15, 0.2) is 59.4 Å². The Morgan fingerprint density at radius 3 is 2.48 bits per heavy atom. The molecule has 4 N–H and O–H groups in total. The van der Waals surface area contributed by atoms with Crippen molar-refractivity contribution in [3.8, 4) is 0 Å². The molecule has 162 valence electrons. The van der Waals surface area contributed by atoms with Crippen LogP contribution in [0.5, 0.6) is 0 Å². The summed E-state index contributed by atoms with van der Waals surface area (Å²) in [6, 6.07) is 16.5. The van der Waals surface area contributed by atoms with Crippen LogP contribution in [-0.4, -0.2) is 31.6 Å². The summed E-state index contributed by atoms with van der Waals surface area (Å²) < 4.78 is 0. The van der Waals surface area contributed by atoms with Crippen molar-refractivity contribution in [2.45, 2.75) is 51.1 Å². The van der Waals surface area contributed by atoms with E-state index >= 15 is 0 Å². The molecule has 2 aliphatic heterocycles. The van der Waals surface area contributed by atoms with Crippen molar-refractivity contribution in [2.24, 2.45) is 4.99 Å². The van der Waals surface area contributed by atoms with E-state index < -0.39 is 0 Å². The molecule has 2 aromatic carbocycles. The molecule has 0 aromatic heterocycles. The minimum atomic E-state index is 0.444. The summed E-state index contributed by atoms with van der Waals surface area (Å²) in [4.78, 5) is 4.39. The van der Waals surface area contributed by atoms with Crippen LogP contribution in [0.4, 0.5) is 0 Å². The molecule has 0 spiro atoms. The highest BCUT2D eigenvalue weighted by Crippen LogP contribution is 2.31. The van der Waals surface area contributed by atoms with Crippen LogP contribution in [0.1, 0.15) is 46.7 Å². The van der Waals surface area contributed by atoms with Crippen molar-refractivity contribution in [3.05, 3.63) is 82.2 Å². The molecule has 5 heteroatoms. The van der Waals surface area contributed by atoms with Crippen molar-refractivity contribution >= 4 is 5.96 Å². The molecule has 0 fully saturated rings. The first-order valence-electron chi connectivity index (χ1n) is 11.7. The Kier molecular flexibility index (Phi) is 5.83. The molecule has 6 rings (SSSR count). The number of aliphatic imine (C=N–C) groups is 1. The van der Waals surface area contributed by atoms with Gasteiger partial charge in [0.05, 0.1) is 18.4 Å². The van der Waals surface area contributed by atoms with Crippen molar-refractivity contribution in [1.82, 2.24) is 21.3 Å². The first kappa shape index (κ1) is 20.0. The lowest BCUT2D eigenvalue weighted by Gasteiger charge is -2.15. The Balaban J connectivity index is 0.000000132. The van der Waals surface area contributed by atoms with Crippen LogP contribution >= 0.6 is 0 Å². The number of hydrogen-bond donors (Lipinski definition) is 4. The standard InChI is InChI=1S/C13H17N3.C13H16N2/c1-9-2-3-10-4-5-12(11(10)8-9)16-13-14-6-7-15-13;1-2-5-11-9-12(8-10(11)4-1)15-13-6-3-7-14-13/h2-3,8,12H,4-7H2,1H3,(H2,14,15,16);1-2,4-6,12,14-15H,3,7-9H2. The normalized spacial score (nSPS) is 21.1. The maximum atomic E-state index is 4.39. The fourth-order valence-corrected chi connectivity index (χ4v) is 5.02. The second kappa shape index (κ2) is 9.04. The third kappa shape index (κ3) is 4.71. The number of hydrogen-bond acceptors (Lipinski definition) is 5. The fourth-order valence-electron chi connectivity index (χ4n) is 5.02. The number of fused-ring (bicyclic) bond motifs is 2. The van der Waals surface area contributed by atoms with E-state index in [1.807, 2.05) is 0 Å². The fraction of sp³-hybridized carbons (Fsp3) is 0.423. The highest BCUT2D eigenvalue weighted by atomic mass is 15.2. The second-order valence-corrected chi connectivity index (χ2v) is 8.95. The number of nitrogens with one attached hydrogen (secondary N) is 4. The van der Waals surface area contributed by atoms with E-state index in [1.165, 1.54) is 46.5 Å². The third-order valence-corrected chi connectivity index (χ3v) is 6.58. The number of aryl methyl sites for hydroxylation is 2. The second-order valence-electron chi connectivity index (χ2n) is 8.95. The van der Waals surface area contributed by atoms with Gasteiger partial charge in [0, 0.05) is 19.1 Å². The third-order valence-electron chi connectivity index (χ3n) is 6.58. The van der Waals surface area contributed by atoms with E-state index in [2.05, 4.69) is 81.7 Å². The molecule has 0 amide bonds. The van der Waals surface area contributed by atoms with Crippen LogP contribution in [0, 0.1) is 6.92 Å². The topological polar surface area (TPSA) is 60.5 Å². The van der Waals surface area contributed by atoms with Crippen molar-refractivity contribution in [2.75, 3.05) is 19.6 Å². The smallest absolute Gasteiger partial charge is 0.191 e. The predicted octanol–water partition coefficient (Wildman–Crippen LogP) is 3.11. The van der Waals surface area contributed by atoms with Gasteiger partial charge >= 0.3 is 0 Å². The van der Waals surface area contributed by atoms with Crippen LogP contribution < -0.4 is 21.3 Å². The van der Waals surface area contributed by atoms with Gasteiger partial charge in [-0.2, -0.15) is 0 Å². The van der Waals surface area contributed by atoms with Gasteiger partial charge in [-0.1, -0.05) is 48.0 Å². The zero-order chi connectivity index (χ0) is 21.0. The first-order chi connectivity index (χ1) is 15.2. The Hall–Kier alpha value is -2.95. The molecule has 5 nitrogen and oxygen atoms in total. The van der Waals surface area contributed by atoms with Crippen molar-refractivity contribution < 1.29 is 0 Å². The average molecular weight is 416 g/mol. The Morgan fingerprint density at radius 1 is 0.935 bits per heavy atom. The molecular formula is C26H33N5. The molecule has 2 aliphatic carbocycles. The zero-order valence-electron chi connectivity index (χ0n) is 18.4. The highest BCUT2D eigenvalue weighted by molar-refractivity contribution is 5.81. The summed E-state index contributed by atoms with van der Waals surface area (Å²) in [5.74, 6) is 2.20. The number of benzene rings is 2. The van der Waals surface area contributed by atoms with Gasteiger partial charge < -0.3 is 21.3 Å². The molecule has 0 saturated heterocycles. The lowest BCUT2D eigenvalue weighted by Crippen LogP contribution is -2.35. The summed E-state index contributed by atoms with van der Waals surface area (Å²) in [5.41, 5.74) is 7.30. The molecule has 4 aliphatic rings. The minimum absolute atomic E-state index is 0.444. The summed E-state index contributed by atoms with van der Waals surface area (Å²) >= 11 is 0. The molecule has 0 saturated carbocycles. The van der Waals surface area contributed by atoms with Crippen molar-refractivity contribution in [3.63, 3.8) is 0 Å². The summed E-state index contributed by atoms with van der Waals surface area (Å²) in [6.07, 6.45) is 8.09. The largest absolute Gasteiger partial charge is 0.372 e. The Bertz CT molecular complexity index is 968. The lowest BCUT2D eigenvalue weighted by atomic mass is 10.1. The highest BCUT2D eigenvalue weighted by Gasteiger charge is 2.24. The molecule has 1 atom stereocenters. The van der Waals surface area contributed by atoms with Crippen molar-refractivity contribution in [1.29, 1.82) is 0 Å². The number of nitrogens with zero attached hydrogens (tertiary/aromatic N) is 1. The molecule has 0 radical (unpaired) electrons. The molecular weight excluding hydrogens is 382 g/mol. The van der Waals surface area contributed by atoms with Crippen LogP contribution in [-0.2, 0) is 19.3 Å². The quantitative estimate of drug-likeness (QED) is 0.622. The van der Waals surface area contributed by atoms with E-state index in [0.717, 1.165) is 44.9 Å². The average Bonchev–Trinajstić information content (AvgIpc) is 3.57. The molecule has 2 aromatic rings. The van der Waals surface area contributed by atoms with Gasteiger partial charge in [0.25, 0.3) is 0 Å². The van der Waals surface area contributed by atoms with Gasteiger partial charge in [-0.25, -0.2) is 0 Å². The van der Waals surface area contributed by atoms with E-state index in [1.54, 1.807) is 0 Å². The minimum Gasteiger partial charge on any atom is -0.372 e. The predicted molar refractivity (Wildman–Crippen MR) is 127 cm³/mol.